The number of nitrogens with zero attached hydrogens (tertiary/aromatic N) is 1. The van der Waals surface area contributed by atoms with Gasteiger partial charge in [-0.1, -0.05) is 43.3 Å². The molecule has 150 valence electrons. The van der Waals surface area contributed by atoms with E-state index in [0.717, 1.165) is 29.0 Å². The normalized spacial score (nSPS) is 10.8. The number of carbonyl (C=O) groups excluding carboxylic acids is 1. The van der Waals surface area contributed by atoms with Crippen LogP contribution in [0.3, 0.4) is 0 Å². The van der Waals surface area contributed by atoms with Crippen LogP contribution in [0.1, 0.15) is 18.1 Å². The Morgan fingerprint density at radius 1 is 1.00 bits per heavy atom. The summed E-state index contributed by atoms with van der Waals surface area (Å²) < 4.78 is 5.74. The number of carbonyl (C=O) groups is 1. The Balaban J connectivity index is 1.67. The molecular weight excluding hydrogens is 374 g/mol. The SMILES string of the molecule is CCc1cccc(C)c1N/C=C(/C#N)C(=O)Nc1ccc(Oc2ccccc2)cc1. The maximum absolute atomic E-state index is 12.5. The quantitative estimate of drug-likeness (QED) is 0.390. The highest BCUT2D eigenvalue weighted by Crippen LogP contribution is 2.23. The minimum absolute atomic E-state index is 0.00933. The zero-order valence-electron chi connectivity index (χ0n) is 17.0. The van der Waals surface area contributed by atoms with Gasteiger partial charge in [-0.15, -0.1) is 0 Å². The van der Waals surface area contributed by atoms with Gasteiger partial charge < -0.3 is 15.4 Å². The van der Waals surface area contributed by atoms with Gasteiger partial charge in [-0.2, -0.15) is 5.26 Å². The molecule has 3 rings (SSSR count). The lowest BCUT2D eigenvalue weighted by molar-refractivity contribution is -0.112. The van der Waals surface area contributed by atoms with E-state index in [1.54, 1.807) is 24.3 Å². The summed E-state index contributed by atoms with van der Waals surface area (Å²) >= 11 is 0. The maximum Gasteiger partial charge on any atom is 0.267 e. The minimum Gasteiger partial charge on any atom is -0.457 e. The number of aryl methyl sites for hydroxylation is 2. The summed E-state index contributed by atoms with van der Waals surface area (Å²) in [7, 11) is 0. The van der Waals surface area contributed by atoms with Gasteiger partial charge in [0.25, 0.3) is 5.91 Å². The predicted octanol–water partition coefficient (Wildman–Crippen LogP) is 5.81. The topological polar surface area (TPSA) is 74.2 Å². The molecule has 0 spiro atoms. The van der Waals surface area contributed by atoms with Crippen molar-refractivity contribution in [3.05, 3.63) is 95.7 Å². The summed E-state index contributed by atoms with van der Waals surface area (Å²) in [5, 5.41) is 15.3. The van der Waals surface area contributed by atoms with E-state index < -0.39 is 5.91 Å². The van der Waals surface area contributed by atoms with Gasteiger partial charge >= 0.3 is 0 Å². The van der Waals surface area contributed by atoms with Gasteiger partial charge in [-0.05, 0) is 60.9 Å². The molecule has 0 aliphatic rings. The summed E-state index contributed by atoms with van der Waals surface area (Å²) in [6, 6.07) is 24.4. The fourth-order valence-corrected chi connectivity index (χ4v) is 2.95. The Morgan fingerprint density at radius 2 is 1.70 bits per heavy atom. The van der Waals surface area contributed by atoms with Crippen molar-refractivity contribution in [2.75, 3.05) is 10.6 Å². The van der Waals surface area contributed by atoms with Crippen molar-refractivity contribution in [3.63, 3.8) is 0 Å². The molecule has 0 radical (unpaired) electrons. The van der Waals surface area contributed by atoms with Crippen LogP contribution in [-0.2, 0) is 11.2 Å². The van der Waals surface area contributed by atoms with Crippen LogP contribution in [0.4, 0.5) is 11.4 Å². The molecule has 5 heteroatoms. The molecule has 2 N–H and O–H groups in total. The van der Waals surface area contributed by atoms with Crippen LogP contribution in [0.15, 0.2) is 84.6 Å². The average Bonchev–Trinajstić information content (AvgIpc) is 2.77. The first-order chi connectivity index (χ1) is 14.6. The van der Waals surface area contributed by atoms with Crippen molar-refractivity contribution in [2.24, 2.45) is 0 Å². The number of benzene rings is 3. The van der Waals surface area contributed by atoms with Gasteiger partial charge in [-0.3, -0.25) is 4.79 Å². The zero-order chi connectivity index (χ0) is 21.3. The lowest BCUT2D eigenvalue weighted by Gasteiger charge is -2.11. The Labute approximate surface area is 176 Å². The number of hydrogen-bond acceptors (Lipinski definition) is 4. The van der Waals surface area contributed by atoms with Crippen LogP contribution in [0.2, 0.25) is 0 Å². The molecule has 3 aromatic rings. The fraction of sp³-hybridized carbons (Fsp3) is 0.120. The van der Waals surface area contributed by atoms with E-state index in [1.165, 1.54) is 6.20 Å². The molecule has 0 aliphatic carbocycles. The van der Waals surface area contributed by atoms with Crippen LogP contribution >= 0.6 is 0 Å². The van der Waals surface area contributed by atoms with Crippen molar-refractivity contribution in [2.45, 2.75) is 20.3 Å². The molecule has 0 aromatic heterocycles. The van der Waals surface area contributed by atoms with Gasteiger partial charge in [0, 0.05) is 17.6 Å². The van der Waals surface area contributed by atoms with Crippen LogP contribution in [-0.4, -0.2) is 5.91 Å². The van der Waals surface area contributed by atoms with Crippen LogP contribution < -0.4 is 15.4 Å². The lowest BCUT2D eigenvalue weighted by atomic mass is 10.1. The Kier molecular flexibility index (Phi) is 6.86. The number of para-hydroxylation sites is 2. The Bertz CT molecular complexity index is 1080. The molecule has 0 fully saturated rings. The monoisotopic (exact) mass is 397 g/mol. The number of ether oxygens (including phenoxy) is 1. The predicted molar refractivity (Wildman–Crippen MR) is 119 cm³/mol. The third kappa shape index (κ3) is 5.27. The molecule has 0 aliphatic heterocycles. The number of nitriles is 1. The molecule has 30 heavy (non-hydrogen) atoms. The van der Waals surface area contributed by atoms with Crippen LogP contribution in [0, 0.1) is 18.3 Å². The van der Waals surface area contributed by atoms with E-state index >= 15 is 0 Å². The highest BCUT2D eigenvalue weighted by atomic mass is 16.5. The first-order valence-corrected chi connectivity index (χ1v) is 9.70. The smallest absolute Gasteiger partial charge is 0.267 e. The number of hydrogen-bond donors (Lipinski definition) is 2. The Hall–Kier alpha value is -4.04. The molecule has 0 heterocycles. The summed E-state index contributed by atoms with van der Waals surface area (Å²) in [5.41, 5.74) is 3.66. The third-order valence-electron chi connectivity index (χ3n) is 4.56. The van der Waals surface area contributed by atoms with Gasteiger partial charge in [0.2, 0.25) is 0 Å². The van der Waals surface area contributed by atoms with E-state index in [-0.39, 0.29) is 5.57 Å². The molecule has 0 bridgehead atoms. The molecule has 0 saturated heterocycles. The minimum atomic E-state index is -0.478. The Morgan fingerprint density at radius 3 is 2.37 bits per heavy atom. The molecule has 3 aromatic carbocycles. The second kappa shape index (κ2) is 9.94. The zero-order valence-corrected chi connectivity index (χ0v) is 17.0. The fourth-order valence-electron chi connectivity index (χ4n) is 2.95. The van der Waals surface area contributed by atoms with Crippen molar-refractivity contribution >= 4 is 17.3 Å². The van der Waals surface area contributed by atoms with E-state index in [1.807, 2.05) is 61.5 Å². The summed E-state index contributed by atoms with van der Waals surface area (Å²) in [5.74, 6) is 0.912. The summed E-state index contributed by atoms with van der Waals surface area (Å²) in [6.45, 7) is 4.05. The first kappa shape index (κ1) is 20.7. The van der Waals surface area contributed by atoms with Crippen molar-refractivity contribution in [1.29, 1.82) is 5.26 Å². The number of amides is 1. The average molecular weight is 397 g/mol. The highest BCUT2D eigenvalue weighted by molar-refractivity contribution is 6.06. The number of anilines is 2. The van der Waals surface area contributed by atoms with Gasteiger partial charge in [0.05, 0.1) is 0 Å². The molecule has 0 saturated carbocycles. The van der Waals surface area contributed by atoms with E-state index in [0.29, 0.717) is 11.4 Å². The standard InChI is InChI=1S/C25H23N3O2/c1-3-19-9-7-8-18(2)24(19)27-17-20(16-26)25(29)28-21-12-14-23(15-13-21)30-22-10-5-4-6-11-22/h4-15,17,27H,3H2,1-2H3,(H,28,29)/b20-17-. The van der Waals surface area contributed by atoms with E-state index in [9.17, 15) is 10.1 Å². The number of rotatable bonds is 7. The van der Waals surface area contributed by atoms with E-state index in [2.05, 4.69) is 17.6 Å². The highest BCUT2D eigenvalue weighted by Gasteiger charge is 2.11. The molecule has 0 atom stereocenters. The second-order valence-electron chi connectivity index (χ2n) is 6.67. The van der Waals surface area contributed by atoms with Gasteiger partial charge in [0.15, 0.2) is 0 Å². The van der Waals surface area contributed by atoms with Crippen molar-refractivity contribution < 1.29 is 9.53 Å². The summed E-state index contributed by atoms with van der Waals surface area (Å²) in [6.07, 6.45) is 2.30. The first-order valence-electron chi connectivity index (χ1n) is 9.70. The maximum atomic E-state index is 12.5. The third-order valence-corrected chi connectivity index (χ3v) is 4.56. The summed E-state index contributed by atoms with van der Waals surface area (Å²) in [4.78, 5) is 12.5. The van der Waals surface area contributed by atoms with E-state index in [4.69, 9.17) is 4.74 Å². The molecule has 1 amide bonds. The van der Waals surface area contributed by atoms with Crippen molar-refractivity contribution in [3.8, 4) is 17.6 Å². The lowest BCUT2D eigenvalue weighted by Crippen LogP contribution is -2.14. The van der Waals surface area contributed by atoms with Gasteiger partial charge in [-0.25, -0.2) is 0 Å². The van der Waals surface area contributed by atoms with Crippen LogP contribution in [0.5, 0.6) is 11.5 Å². The molecule has 5 nitrogen and oxygen atoms in total. The van der Waals surface area contributed by atoms with Crippen LogP contribution in [0.25, 0.3) is 0 Å². The largest absolute Gasteiger partial charge is 0.457 e. The molecular formula is C25H23N3O2. The van der Waals surface area contributed by atoms with Crippen molar-refractivity contribution in [1.82, 2.24) is 0 Å². The van der Waals surface area contributed by atoms with Gasteiger partial charge in [0.1, 0.15) is 23.1 Å². The number of nitrogens with one attached hydrogen (secondary N) is 2. The second-order valence-corrected chi connectivity index (χ2v) is 6.67. The molecule has 0 unspecified atom stereocenters.